The van der Waals surface area contributed by atoms with Gasteiger partial charge in [-0.1, -0.05) is 0 Å². The van der Waals surface area contributed by atoms with Crippen LogP contribution in [-0.4, -0.2) is 41.5 Å². The summed E-state index contributed by atoms with van der Waals surface area (Å²) in [6, 6.07) is -1.84. The lowest BCUT2D eigenvalue weighted by Gasteiger charge is -2.15. The maximum Gasteiger partial charge on any atom is 0.326 e. The van der Waals surface area contributed by atoms with Gasteiger partial charge in [0.05, 0.1) is 6.04 Å². The first kappa shape index (κ1) is 17.3. The van der Waals surface area contributed by atoms with E-state index in [1.165, 1.54) is 0 Å². The lowest BCUT2D eigenvalue weighted by molar-refractivity contribution is -0.142. The monoisotopic (exact) mass is 274 g/mol. The van der Waals surface area contributed by atoms with Gasteiger partial charge in [0.25, 0.3) is 0 Å². The van der Waals surface area contributed by atoms with Gasteiger partial charge in [0, 0.05) is 6.42 Å². The summed E-state index contributed by atoms with van der Waals surface area (Å²) in [5, 5.41) is 11.3. The molecule has 0 rings (SSSR count). The van der Waals surface area contributed by atoms with Gasteiger partial charge in [-0.25, -0.2) is 4.79 Å². The Morgan fingerprint density at radius 3 is 2.26 bits per heavy atom. The lowest BCUT2D eigenvalue weighted by Crippen LogP contribution is -2.42. The topological polar surface area (TPSA) is 162 Å². The molecule has 0 aliphatic heterocycles. The molecule has 2 amide bonds. The molecule has 8 heteroatoms. The fourth-order valence-corrected chi connectivity index (χ4v) is 1.45. The summed E-state index contributed by atoms with van der Waals surface area (Å²) in [4.78, 5) is 33.1. The highest BCUT2D eigenvalue weighted by molar-refractivity contribution is 5.84. The molecule has 19 heavy (non-hydrogen) atoms. The van der Waals surface area contributed by atoms with Crippen molar-refractivity contribution in [3.63, 3.8) is 0 Å². The fourth-order valence-electron chi connectivity index (χ4n) is 1.45. The third kappa shape index (κ3) is 8.11. The van der Waals surface area contributed by atoms with Gasteiger partial charge in [0.15, 0.2) is 0 Å². The number of carbonyl (C=O) groups is 3. The number of rotatable bonds is 10. The van der Waals surface area contributed by atoms with E-state index in [-0.39, 0.29) is 12.8 Å². The number of primary amides is 1. The third-order valence-corrected chi connectivity index (χ3v) is 2.63. The zero-order valence-corrected chi connectivity index (χ0v) is 10.8. The molecule has 0 heterocycles. The largest absolute Gasteiger partial charge is 0.480 e. The Balaban J connectivity index is 4.09. The average Bonchev–Trinajstić information content (AvgIpc) is 2.34. The maximum atomic E-state index is 11.5. The van der Waals surface area contributed by atoms with Crippen molar-refractivity contribution in [2.75, 3.05) is 6.54 Å². The molecule has 0 aromatic carbocycles. The molecule has 0 spiro atoms. The molecular formula is C11H22N4O4. The highest BCUT2D eigenvalue weighted by Crippen LogP contribution is 2.02. The van der Waals surface area contributed by atoms with E-state index in [1.807, 2.05) is 0 Å². The molecule has 0 saturated carbocycles. The summed E-state index contributed by atoms with van der Waals surface area (Å²) in [5.74, 6) is -2.24. The first-order valence-corrected chi connectivity index (χ1v) is 6.15. The number of nitrogens with two attached hydrogens (primary N) is 3. The van der Waals surface area contributed by atoms with E-state index in [1.54, 1.807) is 0 Å². The van der Waals surface area contributed by atoms with Crippen LogP contribution in [0.2, 0.25) is 0 Å². The molecule has 2 atom stereocenters. The van der Waals surface area contributed by atoms with Gasteiger partial charge in [0.1, 0.15) is 6.04 Å². The number of amides is 2. The Bertz CT molecular complexity index is 322. The van der Waals surface area contributed by atoms with Gasteiger partial charge in [-0.05, 0) is 32.2 Å². The average molecular weight is 274 g/mol. The lowest BCUT2D eigenvalue weighted by atomic mass is 10.1. The molecular weight excluding hydrogens is 252 g/mol. The summed E-state index contributed by atoms with van der Waals surface area (Å²) in [6.45, 7) is 0.480. The predicted octanol–water partition coefficient (Wildman–Crippen LogP) is -1.72. The molecule has 0 bridgehead atoms. The van der Waals surface area contributed by atoms with Crippen molar-refractivity contribution in [1.29, 1.82) is 0 Å². The standard InChI is InChI=1S/C11H22N4O4/c12-6-2-1-3-8(11(18)19)15-9(16)5-4-7(13)10(14)17/h7-8H,1-6,12-13H2,(H2,14,17)(H,15,16)(H,18,19)/t7-,8+/m1/s1. The van der Waals surface area contributed by atoms with Crippen LogP contribution in [0.1, 0.15) is 32.1 Å². The number of unbranched alkanes of at least 4 members (excludes halogenated alkanes) is 1. The summed E-state index contributed by atoms with van der Waals surface area (Å²) < 4.78 is 0. The van der Waals surface area contributed by atoms with Crippen LogP contribution in [0.25, 0.3) is 0 Å². The van der Waals surface area contributed by atoms with Crippen LogP contribution in [0.5, 0.6) is 0 Å². The van der Waals surface area contributed by atoms with Gasteiger partial charge < -0.3 is 27.6 Å². The minimum absolute atomic E-state index is 0.0369. The molecule has 0 saturated heterocycles. The highest BCUT2D eigenvalue weighted by Gasteiger charge is 2.20. The molecule has 0 aliphatic rings. The van der Waals surface area contributed by atoms with E-state index in [2.05, 4.69) is 5.32 Å². The van der Waals surface area contributed by atoms with Crippen LogP contribution >= 0.6 is 0 Å². The van der Waals surface area contributed by atoms with E-state index in [0.29, 0.717) is 25.8 Å². The van der Waals surface area contributed by atoms with E-state index in [9.17, 15) is 14.4 Å². The van der Waals surface area contributed by atoms with E-state index < -0.39 is 29.9 Å². The Hall–Kier alpha value is -1.67. The maximum absolute atomic E-state index is 11.5. The van der Waals surface area contributed by atoms with Gasteiger partial charge in [0.2, 0.25) is 11.8 Å². The quantitative estimate of drug-likeness (QED) is 0.297. The molecule has 0 aliphatic carbocycles. The van der Waals surface area contributed by atoms with Gasteiger partial charge in [-0.3, -0.25) is 9.59 Å². The van der Waals surface area contributed by atoms with E-state index in [0.717, 1.165) is 0 Å². The number of carbonyl (C=O) groups excluding carboxylic acids is 2. The predicted molar refractivity (Wildman–Crippen MR) is 68.9 cm³/mol. The molecule has 8 nitrogen and oxygen atoms in total. The van der Waals surface area contributed by atoms with Crippen molar-refractivity contribution in [3.05, 3.63) is 0 Å². The Kier molecular flexibility index (Phi) is 8.47. The van der Waals surface area contributed by atoms with Crippen LogP contribution < -0.4 is 22.5 Å². The molecule has 0 unspecified atom stereocenters. The highest BCUT2D eigenvalue weighted by atomic mass is 16.4. The van der Waals surface area contributed by atoms with E-state index in [4.69, 9.17) is 22.3 Å². The minimum Gasteiger partial charge on any atom is -0.480 e. The number of hydrogen-bond acceptors (Lipinski definition) is 5. The number of aliphatic carboxylic acids is 1. The SMILES string of the molecule is NCCCC[C@H](NC(=O)CC[C@@H](N)C(N)=O)C(=O)O. The van der Waals surface area contributed by atoms with Crippen LogP contribution in [-0.2, 0) is 14.4 Å². The first-order valence-electron chi connectivity index (χ1n) is 6.15. The summed E-state index contributed by atoms with van der Waals surface area (Å²) in [6.07, 6.45) is 1.70. The number of nitrogens with one attached hydrogen (secondary N) is 1. The van der Waals surface area contributed by atoms with Gasteiger partial charge in [-0.15, -0.1) is 0 Å². The summed E-state index contributed by atoms with van der Waals surface area (Å²) in [5.41, 5.74) is 15.6. The van der Waals surface area contributed by atoms with Crippen molar-refractivity contribution in [2.24, 2.45) is 17.2 Å². The molecule has 0 aromatic heterocycles. The van der Waals surface area contributed by atoms with Crippen molar-refractivity contribution < 1.29 is 19.5 Å². The third-order valence-electron chi connectivity index (χ3n) is 2.63. The zero-order chi connectivity index (χ0) is 14.8. The van der Waals surface area contributed by atoms with Crippen molar-refractivity contribution in [1.82, 2.24) is 5.32 Å². The second-order valence-corrected chi connectivity index (χ2v) is 4.29. The minimum atomic E-state index is -1.09. The van der Waals surface area contributed by atoms with E-state index >= 15 is 0 Å². The molecule has 0 aromatic rings. The Morgan fingerprint density at radius 2 is 1.79 bits per heavy atom. The molecule has 0 radical (unpaired) electrons. The first-order chi connectivity index (χ1) is 8.88. The molecule has 110 valence electrons. The van der Waals surface area contributed by atoms with Crippen molar-refractivity contribution in [3.8, 4) is 0 Å². The van der Waals surface area contributed by atoms with Gasteiger partial charge in [-0.2, -0.15) is 0 Å². The summed E-state index contributed by atoms with van der Waals surface area (Å²) >= 11 is 0. The molecule has 0 fully saturated rings. The van der Waals surface area contributed by atoms with Crippen LogP contribution in [0.3, 0.4) is 0 Å². The molecule has 8 N–H and O–H groups in total. The number of carboxylic acid groups (broad SMARTS) is 1. The fraction of sp³-hybridized carbons (Fsp3) is 0.727. The zero-order valence-electron chi connectivity index (χ0n) is 10.8. The van der Waals surface area contributed by atoms with Crippen LogP contribution in [0.15, 0.2) is 0 Å². The normalized spacial score (nSPS) is 13.6. The summed E-state index contributed by atoms with van der Waals surface area (Å²) in [7, 11) is 0. The second-order valence-electron chi connectivity index (χ2n) is 4.29. The van der Waals surface area contributed by atoms with Crippen LogP contribution in [0.4, 0.5) is 0 Å². The van der Waals surface area contributed by atoms with Crippen molar-refractivity contribution in [2.45, 2.75) is 44.2 Å². The van der Waals surface area contributed by atoms with Crippen molar-refractivity contribution >= 4 is 17.8 Å². The number of hydrogen-bond donors (Lipinski definition) is 5. The Labute approximate surface area is 111 Å². The Morgan fingerprint density at radius 1 is 1.16 bits per heavy atom. The smallest absolute Gasteiger partial charge is 0.326 e. The second kappa shape index (κ2) is 9.29. The number of carboxylic acids is 1. The van der Waals surface area contributed by atoms with Crippen LogP contribution in [0, 0.1) is 0 Å². The van der Waals surface area contributed by atoms with Gasteiger partial charge >= 0.3 is 5.97 Å².